The van der Waals surface area contributed by atoms with E-state index in [9.17, 15) is 34.8 Å². The molecule has 0 radical (unpaired) electrons. The summed E-state index contributed by atoms with van der Waals surface area (Å²) < 4.78 is 0. The fraction of sp³-hybridized carbons (Fsp3) is 0.536. The first kappa shape index (κ1) is 28.6. The minimum absolute atomic E-state index is 0.0170. The number of likely N-dealkylation sites (N-methyl/N-ethyl adjacent to an activating group) is 1. The Labute approximate surface area is 227 Å². The van der Waals surface area contributed by atoms with Gasteiger partial charge in [-0.25, -0.2) is 0 Å². The van der Waals surface area contributed by atoms with Gasteiger partial charge in [0.15, 0.2) is 11.4 Å². The van der Waals surface area contributed by atoms with Crippen LogP contribution in [-0.2, 0) is 22.6 Å². The molecule has 212 valence electrons. The molecular formula is C28H38N4O7. The summed E-state index contributed by atoms with van der Waals surface area (Å²) in [5.74, 6) is -6.15. The van der Waals surface area contributed by atoms with Crippen LogP contribution in [0.15, 0.2) is 28.7 Å². The van der Waals surface area contributed by atoms with Crippen molar-refractivity contribution in [2.24, 2.45) is 23.5 Å². The fourth-order valence-corrected chi connectivity index (χ4v) is 6.38. The number of carbonyl (C=O) groups is 3. The molecule has 1 aromatic carbocycles. The number of rotatable bonds is 7. The van der Waals surface area contributed by atoms with Crippen LogP contribution in [0.5, 0.6) is 5.75 Å². The summed E-state index contributed by atoms with van der Waals surface area (Å²) in [5.41, 5.74) is 3.60. The van der Waals surface area contributed by atoms with Gasteiger partial charge in [0.25, 0.3) is 5.91 Å². The second-order valence-electron chi connectivity index (χ2n) is 11.6. The van der Waals surface area contributed by atoms with Crippen LogP contribution in [-0.4, -0.2) is 89.2 Å². The highest BCUT2D eigenvalue weighted by atomic mass is 16.3. The number of ketones is 2. The number of amides is 1. The van der Waals surface area contributed by atoms with Gasteiger partial charge in [0.2, 0.25) is 5.78 Å². The molecule has 0 heterocycles. The number of hydrogen-bond donors (Lipinski definition) is 6. The molecule has 0 fully saturated rings. The Hall–Kier alpha value is -3.41. The number of nitrogens with one attached hydrogen (secondary N) is 1. The van der Waals surface area contributed by atoms with Crippen LogP contribution in [0.2, 0.25) is 0 Å². The molecular weight excluding hydrogens is 504 g/mol. The van der Waals surface area contributed by atoms with Crippen molar-refractivity contribution in [3.63, 3.8) is 0 Å². The minimum atomic E-state index is -2.65. The maximum atomic E-state index is 14.0. The number of Topliss-reactive ketones (excluding diaryl/α,β-unsaturated/α-hetero) is 2. The predicted molar refractivity (Wildman–Crippen MR) is 145 cm³/mol. The van der Waals surface area contributed by atoms with Gasteiger partial charge in [-0.05, 0) is 56.9 Å². The van der Waals surface area contributed by atoms with Gasteiger partial charge in [-0.1, -0.05) is 13.8 Å². The number of anilines is 1. The van der Waals surface area contributed by atoms with Gasteiger partial charge in [-0.3, -0.25) is 19.3 Å². The van der Waals surface area contributed by atoms with E-state index >= 15 is 0 Å². The van der Waals surface area contributed by atoms with Crippen molar-refractivity contribution < 1.29 is 34.8 Å². The maximum Gasteiger partial charge on any atom is 0.255 e. The zero-order chi connectivity index (χ0) is 29.1. The zero-order valence-corrected chi connectivity index (χ0v) is 23.2. The highest BCUT2D eigenvalue weighted by Gasteiger charge is 2.63. The van der Waals surface area contributed by atoms with E-state index in [-0.39, 0.29) is 29.7 Å². The third-order valence-electron chi connectivity index (χ3n) is 8.13. The minimum Gasteiger partial charge on any atom is -0.510 e. The van der Waals surface area contributed by atoms with E-state index in [0.29, 0.717) is 30.1 Å². The molecule has 11 nitrogen and oxygen atoms in total. The smallest absolute Gasteiger partial charge is 0.255 e. The summed E-state index contributed by atoms with van der Waals surface area (Å²) in [6.45, 7) is 5.11. The van der Waals surface area contributed by atoms with Crippen LogP contribution < -0.4 is 16.0 Å². The first-order chi connectivity index (χ1) is 18.1. The summed E-state index contributed by atoms with van der Waals surface area (Å²) in [4.78, 5) is 42.9. The monoisotopic (exact) mass is 542 g/mol. The molecule has 0 saturated carbocycles. The van der Waals surface area contributed by atoms with Gasteiger partial charge in [0.05, 0.1) is 11.6 Å². The lowest BCUT2D eigenvalue weighted by Gasteiger charge is -2.50. The average Bonchev–Trinajstić information content (AvgIpc) is 2.81. The molecule has 4 unspecified atom stereocenters. The Balaban J connectivity index is 1.91. The summed E-state index contributed by atoms with van der Waals surface area (Å²) in [7, 11) is 6.87. The summed E-state index contributed by atoms with van der Waals surface area (Å²) in [5, 5.41) is 48.6. The van der Waals surface area contributed by atoms with Crippen LogP contribution in [0, 0.1) is 17.8 Å². The van der Waals surface area contributed by atoms with Crippen LogP contribution in [0.1, 0.15) is 41.8 Å². The van der Waals surface area contributed by atoms with Gasteiger partial charge in [-0.15, -0.1) is 0 Å². The van der Waals surface area contributed by atoms with Gasteiger partial charge in [0.1, 0.15) is 22.8 Å². The van der Waals surface area contributed by atoms with E-state index in [1.54, 1.807) is 14.1 Å². The molecule has 0 aliphatic heterocycles. The van der Waals surface area contributed by atoms with Crippen molar-refractivity contribution in [1.82, 2.24) is 10.2 Å². The van der Waals surface area contributed by atoms with E-state index in [0.717, 1.165) is 5.69 Å². The summed E-state index contributed by atoms with van der Waals surface area (Å²) >= 11 is 0. The standard InChI is InChI=1S/C28H38N4O7/c1-12(2)10-30-11-14-9-17(31(3)4)15-7-13-8-16-21(32(5)6)24(35)20(27(29)38)26(37)28(16,39)25(36)18(13)23(34)19(15)22(14)33/h9,12-13,16,21,30,33,35-36,39H,7-8,10-11H2,1-6H3,(H2,29,38). The number of aromatic hydroxyl groups is 1. The number of aliphatic hydroxyl groups excluding tert-OH is 2. The Morgan fingerprint density at radius 1 is 1.18 bits per heavy atom. The molecule has 3 aliphatic rings. The van der Waals surface area contributed by atoms with E-state index in [1.807, 2.05) is 25.1 Å². The topological polar surface area (TPSA) is 177 Å². The largest absolute Gasteiger partial charge is 0.510 e. The maximum absolute atomic E-state index is 14.0. The number of nitrogens with zero attached hydrogens (tertiary/aromatic N) is 2. The van der Waals surface area contributed by atoms with Gasteiger partial charge >= 0.3 is 0 Å². The molecule has 7 N–H and O–H groups in total. The van der Waals surface area contributed by atoms with E-state index in [1.165, 1.54) is 4.90 Å². The molecule has 39 heavy (non-hydrogen) atoms. The van der Waals surface area contributed by atoms with E-state index in [2.05, 4.69) is 19.2 Å². The van der Waals surface area contributed by atoms with Gasteiger partial charge in [-0.2, -0.15) is 0 Å². The number of allylic oxidation sites excluding steroid dienone is 1. The molecule has 1 amide bonds. The Morgan fingerprint density at radius 3 is 2.36 bits per heavy atom. The molecule has 0 aromatic heterocycles. The number of nitrogens with two attached hydrogens (primary N) is 1. The van der Waals surface area contributed by atoms with Crippen molar-refractivity contribution in [3.8, 4) is 5.75 Å². The highest BCUT2D eigenvalue weighted by Crippen LogP contribution is 2.53. The first-order valence-corrected chi connectivity index (χ1v) is 13.0. The molecule has 0 spiro atoms. The second-order valence-corrected chi connectivity index (χ2v) is 11.6. The number of hydrogen-bond acceptors (Lipinski definition) is 10. The molecule has 4 rings (SSSR count). The van der Waals surface area contributed by atoms with E-state index < -0.39 is 58.0 Å². The molecule has 0 bridgehead atoms. The van der Waals surface area contributed by atoms with E-state index in [4.69, 9.17) is 5.73 Å². The number of phenolic OH excluding ortho intramolecular Hbond substituents is 1. The SMILES string of the molecule is CC(C)CNCc1cc(N(C)C)c2c(c1O)C(=O)C1=C(O)C3(O)C(=O)C(C(N)=O)=C(O)C(N(C)C)C3CC1C2. The first-order valence-electron chi connectivity index (χ1n) is 13.0. The van der Waals surface area contributed by atoms with Gasteiger partial charge in [0, 0.05) is 43.4 Å². The lowest BCUT2D eigenvalue weighted by atomic mass is 9.58. The average molecular weight is 543 g/mol. The van der Waals surface area contributed by atoms with Crippen molar-refractivity contribution in [3.05, 3.63) is 45.4 Å². The lowest BCUT2D eigenvalue weighted by Crippen LogP contribution is -2.63. The molecule has 3 aliphatic carbocycles. The van der Waals surface area contributed by atoms with Gasteiger partial charge < -0.3 is 36.4 Å². The van der Waals surface area contributed by atoms with Crippen LogP contribution in [0.3, 0.4) is 0 Å². The number of phenols is 1. The Kier molecular flexibility index (Phi) is 7.30. The summed E-state index contributed by atoms with van der Waals surface area (Å²) in [6.07, 6.45) is 0.298. The van der Waals surface area contributed by atoms with Crippen LogP contribution in [0.4, 0.5) is 5.69 Å². The molecule has 1 aromatic rings. The molecule has 11 heteroatoms. The van der Waals surface area contributed by atoms with Crippen LogP contribution in [0.25, 0.3) is 0 Å². The molecule has 0 saturated heterocycles. The lowest BCUT2D eigenvalue weighted by molar-refractivity contribution is -0.148. The predicted octanol–water partition coefficient (Wildman–Crippen LogP) is 0.932. The Bertz CT molecular complexity index is 1310. The Morgan fingerprint density at radius 2 is 1.82 bits per heavy atom. The number of benzene rings is 1. The van der Waals surface area contributed by atoms with Crippen molar-refractivity contribution in [1.29, 1.82) is 0 Å². The fourth-order valence-electron chi connectivity index (χ4n) is 6.38. The van der Waals surface area contributed by atoms with Crippen molar-refractivity contribution >= 4 is 23.2 Å². The number of aliphatic hydroxyl groups is 3. The number of primary amides is 1. The van der Waals surface area contributed by atoms with Crippen LogP contribution >= 0.6 is 0 Å². The van der Waals surface area contributed by atoms with Crippen molar-refractivity contribution in [2.75, 3.05) is 39.6 Å². The second kappa shape index (κ2) is 9.96. The summed E-state index contributed by atoms with van der Waals surface area (Å²) in [6, 6.07) is 0.815. The quantitative estimate of drug-likeness (QED) is 0.272. The number of carbonyl (C=O) groups excluding carboxylic acids is 3. The molecule has 4 atom stereocenters. The third kappa shape index (κ3) is 4.29. The normalized spacial score (nSPS) is 26.6. The van der Waals surface area contributed by atoms with Crippen molar-refractivity contribution in [2.45, 2.75) is 44.9 Å². The number of fused-ring (bicyclic) bond motifs is 3. The zero-order valence-electron chi connectivity index (χ0n) is 23.2. The third-order valence-corrected chi connectivity index (χ3v) is 8.13. The highest BCUT2D eigenvalue weighted by molar-refractivity contribution is 6.24.